The number of fused-ring (bicyclic) bond motifs is 1. The number of benzene rings is 2. The molecule has 7 heteroatoms. The molecule has 0 atom stereocenters. The summed E-state index contributed by atoms with van der Waals surface area (Å²) >= 11 is 3.37. The van der Waals surface area contributed by atoms with E-state index in [1.807, 2.05) is 23.1 Å². The molecule has 1 fully saturated rings. The number of anilines is 1. The van der Waals surface area contributed by atoms with Crippen molar-refractivity contribution in [2.75, 3.05) is 50.0 Å². The van der Waals surface area contributed by atoms with Crippen LogP contribution in [-0.2, 0) is 11.2 Å². The molecule has 32 heavy (non-hydrogen) atoms. The Balaban J connectivity index is 1.58. The molecule has 0 aliphatic carbocycles. The molecule has 0 unspecified atom stereocenters. The molecule has 0 N–H and O–H groups in total. The average Bonchev–Trinajstić information content (AvgIpc) is 3.25. The summed E-state index contributed by atoms with van der Waals surface area (Å²) in [6.45, 7) is 9.42. The van der Waals surface area contributed by atoms with Crippen molar-refractivity contribution < 1.29 is 9.53 Å². The van der Waals surface area contributed by atoms with Crippen molar-refractivity contribution in [2.24, 2.45) is 0 Å². The van der Waals surface area contributed by atoms with Crippen molar-refractivity contribution in [1.29, 1.82) is 0 Å². The van der Waals surface area contributed by atoms with Gasteiger partial charge in [0, 0.05) is 36.6 Å². The van der Waals surface area contributed by atoms with E-state index in [4.69, 9.17) is 9.72 Å². The summed E-state index contributed by atoms with van der Waals surface area (Å²) in [5.74, 6) is 1.01. The number of thioether (sulfide) groups is 1. The summed E-state index contributed by atoms with van der Waals surface area (Å²) in [6, 6.07) is 14.4. The quantitative estimate of drug-likeness (QED) is 0.396. The number of ether oxygens (including phenoxy) is 1. The van der Waals surface area contributed by atoms with E-state index >= 15 is 0 Å². The van der Waals surface area contributed by atoms with Crippen molar-refractivity contribution >= 4 is 44.4 Å². The van der Waals surface area contributed by atoms with Crippen LogP contribution in [-0.4, -0.2) is 60.9 Å². The van der Waals surface area contributed by atoms with E-state index in [-0.39, 0.29) is 5.91 Å². The number of aryl methyl sites for hydroxylation is 1. The highest BCUT2D eigenvalue weighted by atomic mass is 32.2. The number of carbonyl (C=O) groups excluding carboxylic acids is 1. The number of nitrogens with zero attached hydrogens (tertiary/aromatic N) is 3. The third-order valence-corrected chi connectivity index (χ3v) is 7.59. The van der Waals surface area contributed by atoms with Crippen LogP contribution in [0.5, 0.6) is 0 Å². The van der Waals surface area contributed by atoms with Gasteiger partial charge < -0.3 is 4.74 Å². The minimum Gasteiger partial charge on any atom is -0.379 e. The summed E-state index contributed by atoms with van der Waals surface area (Å²) < 4.78 is 6.60. The van der Waals surface area contributed by atoms with Gasteiger partial charge in [-0.2, -0.15) is 0 Å². The maximum Gasteiger partial charge on any atom is 0.260 e. The number of morpholine rings is 1. The summed E-state index contributed by atoms with van der Waals surface area (Å²) in [5, 5.41) is 0.786. The second kappa shape index (κ2) is 11.3. The van der Waals surface area contributed by atoms with E-state index < -0.39 is 0 Å². The molecule has 1 saturated heterocycles. The standard InChI is InChI=1S/C25H31N3O2S2/c1-3-19-9-10-22-23(17-19)32-25(26-22)28(12-6-11-27-13-15-30-16-14-27)24(29)20-7-5-8-21(18-20)31-4-2/h5,7-10,17-18H,3-4,6,11-16H2,1-2H3. The van der Waals surface area contributed by atoms with Gasteiger partial charge in [-0.1, -0.05) is 37.3 Å². The zero-order valence-corrected chi connectivity index (χ0v) is 20.5. The molecule has 3 aromatic rings. The van der Waals surface area contributed by atoms with Gasteiger partial charge in [0.25, 0.3) is 5.91 Å². The number of carbonyl (C=O) groups is 1. The van der Waals surface area contributed by atoms with Crippen LogP contribution in [0.2, 0.25) is 0 Å². The molecule has 0 saturated carbocycles. The summed E-state index contributed by atoms with van der Waals surface area (Å²) in [7, 11) is 0. The van der Waals surface area contributed by atoms with Crippen LogP contribution in [0.25, 0.3) is 10.2 Å². The topological polar surface area (TPSA) is 45.7 Å². The van der Waals surface area contributed by atoms with Crippen molar-refractivity contribution in [3.8, 4) is 0 Å². The average molecular weight is 470 g/mol. The van der Waals surface area contributed by atoms with Crippen molar-refractivity contribution in [3.05, 3.63) is 53.6 Å². The lowest BCUT2D eigenvalue weighted by Gasteiger charge is -2.27. The van der Waals surface area contributed by atoms with Gasteiger partial charge in [0.1, 0.15) is 0 Å². The van der Waals surface area contributed by atoms with Gasteiger partial charge in [0.2, 0.25) is 0 Å². The number of thiazole rings is 1. The van der Waals surface area contributed by atoms with E-state index in [0.29, 0.717) is 6.54 Å². The molecule has 0 radical (unpaired) electrons. The lowest BCUT2D eigenvalue weighted by molar-refractivity contribution is 0.0376. The highest BCUT2D eigenvalue weighted by Crippen LogP contribution is 2.31. The second-order valence-corrected chi connectivity index (χ2v) is 10.2. The zero-order chi connectivity index (χ0) is 22.3. The highest BCUT2D eigenvalue weighted by Gasteiger charge is 2.22. The Hall–Kier alpha value is -1.93. The first-order valence-electron chi connectivity index (χ1n) is 11.4. The van der Waals surface area contributed by atoms with Gasteiger partial charge in [-0.25, -0.2) is 4.98 Å². The van der Waals surface area contributed by atoms with Crippen molar-refractivity contribution in [2.45, 2.75) is 31.6 Å². The third-order valence-electron chi connectivity index (χ3n) is 5.68. The Morgan fingerprint density at radius 1 is 1.19 bits per heavy atom. The Morgan fingerprint density at radius 2 is 2.03 bits per heavy atom. The predicted molar refractivity (Wildman–Crippen MR) is 135 cm³/mol. The Kier molecular flexibility index (Phi) is 8.19. The van der Waals surface area contributed by atoms with Gasteiger partial charge in [-0.3, -0.25) is 14.6 Å². The molecule has 1 aromatic heterocycles. The molecule has 1 amide bonds. The smallest absolute Gasteiger partial charge is 0.260 e. The Labute approximate surface area is 198 Å². The van der Waals surface area contributed by atoms with Crippen LogP contribution in [0, 0.1) is 0 Å². The molecule has 170 valence electrons. The molecule has 5 nitrogen and oxygen atoms in total. The fraction of sp³-hybridized carbons (Fsp3) is 0.440. The molecule has 1 aliphatic rings. The number of rotatable bonds is 9. The molecular formula is C25H31N3O2S2. The first kappa shape index (κ1) is 23.2. The normalized spacial score (nSPS) is 14.7. The first-order valence-corrected chi connectivity index (χ1v) is 13.2. The van der Waals surface area contributed by atoms with E-state index in [9.17, 15) is 4.79 Å². The molecular weight excluding hydrogens is 438 g/mol. The van der Waals surface area contributed by atoms with Crippen LogP contribution in [0.4, 0.5) is 5.13 Å². The molecule has 2 heterocycles. The molecule has 1 aliphatic heterocycles. The van der Waals surface area contributed by atoms with E-state index in [0.717, 1.165) is 77.2 Å². The van der Waals surface area contributed by atoms with Gasteiger partial charge >= 0.3 is 0 Å². The second-order valence-electron chi connectivity index (χ2n) is 7.88. The van der Waals surface area contributed by atoms with Crippen LogP contribution < -0.4 is 4.90 Å². The van der Waals surface area contributed by atoms with Crippen LogP contribution in [0.15, 0.2) is 47.4 Å². The van der Waals surface area contributed by atoms with Crippen LogP contribution in [0.3, 0.4) is 0 Å². The largest absolute Gasteiger partial charge is 0.379 e. The molecule has 4 rings (SSSR count). The molecule has 0 spiro atoms. The van der Waals surface area contributed by atoms with Crippen molar-refractivity contribution in [3.63, 3.8) is 0 Å². The Bertz CT molecular complexity index is 1050. The minimum atomic E-state index is 0.0281. The summed E-state index contributed by atoms with van der Waals surface area (Å²) in [5.41, 5.74) is 2.98. The van der Waals surface area contributed by atoms with Gasteiger partial charge in [0.05, 0.1) is 23.4 Å². The maximum atomic E-state index is 13.6. The Morgan fingerprint density at radius 3 is 2.81 bits per heavy atom. The lowest BCUT2D eigenvalue weighted by Crippen LogP contribution is -2.39. The fourth-order valence-corrected chi connectivity index (χ4v) is 5.67. The summed E-state index contributed by atoms with van der Waals surface area (Å²) in [4.78, 5) is 23.9. The van der Waals surface area contributed by atoms with Crippen molar-refractivity contribution in [1.82, 2.24) is 9.88 Å². The van der Waals surface area contributed by atoms with E-state index in [1.54, 1.807) is 23.1 Å². The highest BCUT2D eigenvalue weighted by molar-refractivity contribution is 7.99. The van der Waals surface area contributed by atoms with Gasteiger partial charge in [-0.15, -0.1) is 11.8 Å². The SMILES string of the molecule is CCSc1cccc(C(=O)N(CCCN2CCOCC2)c2nc3ccc(CC)cc3s2)c1. The first-order chi connectivity index (χ1) is 15.7. The van der Waals surface area contributed by atoms with Crippen LogP contribution in [0.1, 0.15) is 36.2 Å². The predicted octanol–water partition coefficient (Wildman–Crippen LogP) is 5.34. The third kappa shape index (κ3) is 5.70. The number of hydrogen-bond acceptors (Lipinski definition) is 6. The molecule has 0 bridgehead atoms. The summed E-state index contributed by atoms with van der Waals surface area (Å²) in [6.07, 6.45) is 1.90. The van der Waals surface area contributed by atoms with Gasteiger partial charge in [0.15, 0.2) is 5.13 Å². The number of hydrogen-bond donors (Lipinski definition) is 0. The minimum absolute atomic E-state index is 0.0281. The van der Waals surface area contributed by atoms with Gasteiger partial charge in [-0.05, 0) is 54.5 Å². The molecule has 2 aromatic carbocycles. The monoisotopic (exact) mass is 469 g/mol. The van der Waals surface area contributed by atoms with E-state index in [2.05, 4.69) is 43.0 Å². The number of amides is 1. The lowest BCUT2D eigenvalue weighted by atomic mass is 10.2. The van der Waals surface area contributed by atoms with Crippen LogP contribution >= 0.6 is 23.1 Å². The fourth-order valence-electron chi connectivity index (χ4n) is 3.89. The number of aromatic nitrogens is 1. The zero-order valence-electron chi connectivity index (χ0n) is 18.9. The van der Waals surface area contributed by atoms with E-state index in [1.165, 1.54) is 5.56 Å². The maximum absolute atomic E-state index is 13.6.